The Labute approximate surface area is 135 Å². The number of hydrogen-bond donors (Lipinski definition) is 1. The molecule has 0 aromatic carbocycles. The van der Waals surface area contributed by atoms with Gasteiger partial charge in [-0.3, -0.25) is 0 Å². The number of nitrogens with one attached hydrogen (secondary N) is 1. The third kappa shape index (κ3) is 3.30. The van der Waals surface area contributed by atoms with Gasteiger partial charge in [-0.25, -0.2) is 0 Å². The molecule has 2 heterocycles. The lowest BCUT2D eigenvalue weighted by Gasteiger charge is -2.45. The largest absolute Gasteiger partial charge is 0.374 e. The van der Waals surface area contributed by atoms with E-state index in [0.717, 1.165) is 25.0 Å². The Kier molecular flexibility index (Phi) is 4.93. The molecule has 3 aliphatic rings. The van der Waals surface area contributed by atoms with E-state index in [9.17, 15) is 0 Å². The van der Waals surface area contributed by atoms with Gasteiger partial charge in [-0.1, -0.05) is 27.2 Å². The summed E-state index contributed by atoms with van der Waals surface area (Å²) in [6.07, 6.45) is 8.08. The highest BCUT2D eigenvalue weighted by Crippen LogP contribution is 2.49. The molecule has 3 fully saturated rings. The quantitative estimate of drug-likeness (QED) is 0.845. The van der Waals surface area contributed by atoms with Crippen molar-refractivity contribution in [2.75, 3.05) is 24.7 Å². The van der Waals surface area contributed by atoms with E-state index in [2.05, 4.69) is 37.8 Å². The first-order valence-electron chi connectivity index (χ1n) is 9.01. The van der Waals surface area contributed by atoms with Gasteiger partial charge in [0.25, 0.3) is 0 Å². The minimum absolute atomic E-state index is 0.226. The first kappa shape index (κ1) is 16.1. The molecule has 0 bridgehead atoms. The third-order valence-electron chi connectivity index (χ3n) is 6.32. The predicted octanol–water partition coefficient (Wildman–Crippen LogP) is 4.09. The molecule has 0 aromatic rings. The Morgan fingerprint density at radius 3 is 2.76 bits per heavy atom. The maximum absolute atomic E-state index is 6.25. The van der Waals surface area contributed by atoms with Gasteiger partial charge >= 0.3 is 0 Å². The van der Waals surface area contributed by atoms with Gasteiger partial charge in [0.2, 0.25) is 0 Å². The third-order valence-corrected chi connectivity index (χ3v) is 7.54. The molecule has 3 rings (SSSR count). The first-order valence-corrected chi connectivity index (χ1v) is 10.2. The van der Waals surface area contributed by atoms with Gasteiger partial charge in [-0.05, 0) is 61.7 Å². The van der Waals surface area contributed by atoms with Gasteiger partial charge in [0, 0.05) is 18.4 Å². The molecule has 4 unspecified atom stereocenters. The lowest BCUT2D eigenvalue weighted by molar-refractivity contribution is -0.0909. The van der Waals surface area contributed by atoms with Crippen LogP contribution in [0, 0.1) is 17.3 Å². The minimum atomic E-state index is 0.226. The highest BCUT2D eigenvalue weighted by molar-refractivity contribution is 7.99. The van der Waals surface area contributed by atoms with Gasteiger partial charge < -0.3 is 10.1 Å². The minimum Gasteiger partial charge on any atom is -0.374 e. The maximum Gasteiger partial charge on any atom is 0.0783 e. The van der Waals surface area contributed by atoms with Crippen LogP contribution in [0.25, 0.3) is 0 Å². The summed E-state index contributed by atoms with van der Waals surface area (Å²) in [5.74, 6) is 4.20. The summed E-state index contributed by atoms with van der Waals surface area (Å²) in [6, 6.07) is 0.707. The number of hydrogen-bond acceptors (Lipinski definition) is 3. The standard InChI is InChI=1S/C18H33NOS/c1-4-19-16(15-6-5-8-17(15,2)3)14-7-10-20-18(12-14)9-11-21-13-18/h14-16,19H,4-13H2,1-3H3. The van der Waals surface area contributed by atoms with Gasteiger partial charge in [0.1, 0.15) is 0 Å². The van der Waals surface area contributed by atoms with Crippen LogP contribution in [0.4, 0.5) is 0 Å². The zero-order chi connectivity index (χ0) is 14.9. The van der Waals surface area contributed by atoms with Crippen LogP contribution in [0.2, 0.25) is 0 Å². The molecule has 1 aliphatic carbocycles. The lowest BCUT2D eigenvalue weighted by atomic mass is 9.69. The Morgan fingerprint density at radius 2 is 2.14 bits per heavy atom. The molecular formula is C18H33NOS. The number of thioether (sulfide) groups is 1. The summed E-state index contributed by atoms with van der Waals surface area (Å²) in [4.78, 5) is 0. The molecule has 2 saturated heterocycles. The van der Waals surface area contributed by atoms with Crippen molar-refractivity contribution in [3.8, 4) is 0 Å². The van der Waals surface area contributed by atoms with E-state index in [1.807, 2.05) is 0 Å². The first-order chi connectivity index (χ1) is 10.1. The summed E-state index contributed by atoms with van der Waals surface area (Å²) in [7, 11) is 0. The van der Waals surface area contributed by atoms with Gasteiger partial charge in [-0.2, -0.15) is 11.8 Å². The van der Waals surface area contributed by atoms with Crippen LogP contribution < -0.4 is 5.32 Å². The Balaban J connectivity index is 1.74. The molecule has 1 N–H and O–H groups in total. The van der Waals surface area contributed by atoms with Crippen molar-refractivity contribution in [3.63, 3.8) is 0 Å². The lowest BCUT2D eigenvalue weighted by Crippen LogP contribution is -2.51. The zero-order valence-corrected chi connectivity index (χ0v) is 14.9. The molecule has 21 heavy (non-hydrogen) atoms. The zero-order valence-electron chi connectivity index (χ0n) is 14.1. The smallest absolute Gasteiger partial charge is 0.0783 e. The summed E-state index contributed by atoms with van der Waals surface area (Å²) in [6.45, 7) is 9.36. The van der Waals surface area contributed by atoms with Crippen molar-refractivity contribution >= 4 is 11.8 Å². The Hall–Kier alpha value is 0.270. The molecule has 1 saturated carbocycles. The van der Waals surface area contributed by atoms with E-state index >= 15 is 0 Å². The summed E-state index contributed by atoms with van der Waals surface area (Å²) < 4.78 is 6.25. The van der Waals surface area contributed by atoms with Crippen LogP contribution in [-0.2, 0) is 4.74 Å². The Morgan fingerprint density at radius 1 is 1.29 bits per heavy atom. The van der Waals surface area contributed by atoms with Crippen LogP contribution in [0.1, 0.15) is 59.3 Å². The molecule has 2 nitrogen and oxygen atoms in total. The van der Waals surface area contributed by atoms with Crippen LogP contribution in [-0.4, -0.2) is 36.3 Å². The number of rotatable bonds is 4. The van der Waals surface area contributed by atoms with Gasteiger partial charge in [0.15, 0.2) is 0 Å². The van der Waals surface area contributed by atoms with Crippen molar-refractivity contribution in [1.29, 1.82) is 0 Å². The molecule has 4 atom stereocenters. The van der Waals surface area contributed by atoms with Crippen molar-refractivity contribution in [2.45, 2.75) is 70.9 Å². The molecule has 0 radical (unpaired) electrons. The average Bonchev–Trinajstić information content (AvgIpc) is 3.03. The maximum atomic E-state index is 6.25. The van der Waals surface area contributed by atoms with Crippen molar-refractivity contribution in [2.24, 2.45) is 17.3 Å². The van der Waals surface area contributed by atoms with Crippen molar-refractivity contribution in [3.05, 3.63) is 0 Å². The van der Waals surface area contributed by atoms with E-state index in [1.165, 1.54) is 50.0 Å². The molecule has 0 amide bonds. The van der Waals surface area contributed by atoms with Crippen LogP contribution in [0.3, 0.4) is 0 Å². The number of ether oxygens (including phenoxy) is 1. The summed E-state index contributed by atoms with van der Waals surface area (Å²) in [5, 5.41) is 3.89. The van der Waals surface area contributed by atoms with Crippen molar-refractivity contribution in [1.82, 2.24) is 5.32 Å². The summed E-state index contributed by atoms with van der Waals surface area (Å²) in [5.41, 5.74) is 0.743. The van der Waals surface area contributed by atoms with E-state index < -0.39 is 0 Å². The average molecular weight is 312 g/mol. The van der Waals surface area contributed by atoms with Gasteiger partial charge in [0.05, 0.1) is 5.60 Å². The molecule has 122 valence electrons. The topological polar surface area (TPSA) is 21.3 Å². The van der Waals surface area contributed by atoms with E-state index in [-0.39, 0.29) is 5.60 Å². The van der Waals surface area contributed by atoms with E-state index in [0.29, 0.717) is 11.5 Å². The highest BCUT2D eigenvalue weighted by Gasteiger charge is 2.47. The molecule has 3 heteroatoms. The highest BCUT2D eigenvalue weighted by atomic mass is 32.2. The second-order valence-corrected chi connectivity index (χ2v) is 9.26. The van der Waals surface area contributed by atoms with Crippen LogP contribution in [0.5, 0.6) is 0 Å². The second-order valence-electron chi connectivity index (χ2n) is 8.16. The van der Waals surface area contributed by atoms with E-state index in [4.69, 9.17) is 4.74 Å². The fraction of sp³-hybridized carbons (Fsp3) is 1.00. The fourth-order valence-electron chi connectivity index (χ4n) is 5.13. The predicted molar refractivity (Wildman–Crippen MR) is 91.9 cm³/mol. The van der Waals surface area contributed by atoms with Crippen molar-refractivity contribution < 1.29 is 4.74 Å². The second kappa shape index (κ2) is 6.41. The Bertz CT molecular complexity index is 351. The van der Waals surface area contributed by atoms with Gasteiger partial charge in [-0.15, -0.1) is 0 Å². The van der Waals surface area contributed by atoms with E-state index in [1.54, 1.807) is 0 Å². The monoisotopic (exact) mass is 311 g/mol. The summed E-state index contributed by atoms with van der Waals surface area (Å²) >= 11 is 2.09. The fourth-order valence-corrected chi connectivity index (χ4v) is 6.51. The molecule has 0 aromatic heterocycles. The molecule has 1 spiro atoms. The van der Waals surface area contributed by atoms with Crippen LogP contribution >= 0.6 is 11.8 Å². The molecule has 2 aliphatic heterocycles. The normalized spacial score (nSPS) is 40.7. The van der Waals surface area contributed by atoms with Crippen LogP contribution in [0.15, 0.2) is 0 Å². The SMILES string of the molecule is CCNC(C1CCOC2(CCSC2)C1)C1CCCC1(C)C. The molecular weight excluding hydrogens is 278 g/mol.